The highest BCUT2D eigenvalue weighted by Gasteiger charge is 2.69. The van der Waals surface area contributed by atoms with Gasteiger partial charge in [-0.05, 0) is 43.9 Å². The molecule has 140 valence electrons. The van der Waals surface area contributed by atoms with Gasteiger partial charge < -0.3 is 15.2 Å². The van der Waals surface area contributed by atoms with Crippen LogP contribution in [-0.4, -0.2) is 42.1 Å². The quantitative estimate of drug-likeness (QED) is 0.783. The fourth-order valence-corrected chi connectivity index (χ4v) is 4.68. The first kappa shape index (κ1) is 17.7. The van der Waals surface area contributed by atoms with Crippen LogP contribution in [0, 0.1) is 0 Å². The molecule has 0 aromatic heterocycles. The molecule has 1 aliphatic carbocycles. The van der Waals surface area contributed by atoms with Gasteiger partial charge in [-0.2, -0.15) is 8.78 Å². The molecule has 3 aliphatic rings. The Morgan fingerprint density at radius 3 is 2.69 bits per heavy atom. The number of hydrogen-bond acceptors (Lipinski definition) is 5. The van der Waals surface area contributed by atoms with Crippen LogP contribution in [0.4, 0.5) is 8.78 Å². The summed E-state index contributed by atoms with van der Waals surface area (Å²) in [5.41, 5.74) is 4.37. The van der Waals surface area contributed by atoms with Gasteiger partial charge >= 0.3 is 6.61 Å². The summed E-state index contributed by atoms with van der Waals surface area (Å²) in [7, 11) is 1.57. The van der Waals surface area contributed by atoms with Crippen molar-refractivity contribution in [2.45, 2.75) is 49.5 Å². The topological polar surface area (TPSA) is 77.2 Å². The van der Waals surface area contributed by atoms with Crippen molar-refractivity contribution in [1.29, 1.82) is 0 Å². The summed E-state index contributed by atoms with van der Waals surface area (Å²) in [4.78, 5) is 19.1. The summed E-state index contributed by atoms with van der Waals surface area (Å²) < 4.78 is 36.8. The molecule has 9 heteroatoms. The molecule has 1 saturated carbocycles. The molecule has 1 fully saturated rings. The van der Waals surface area contributed by atoms with Gasteiger partial charge in [0.25, 0.3) is 5.91 Å². The van der Waals surface area contributed by atoms with Crippen LogP contribution >= 0.6 is 15.9 Å². The molecule has 1 aromatic rings. The van der Waals surface area contributed by atoms with Crippen LogP contribution in [0.3, 0.4) is 0 Å². The maximum absolute atomic E-state index is 13.2. The Balaban J connectivity index is 1.78. The van der Waals surface area contributed by atoms with E-state index >= 15 is 0 Å². The SMILES string of the molecule is CN1C(=O)C2(N=C1N)c1cc(Br)ccc1O[C@]21CC[C@@H](OC(F)F)CC1. The number of aliphatic imine (C=N–C) groups is 1. The maximum atomic E-state index is 13.2. The minimum atomic E-state index is -2.81. The monoisotopic (exact) mass is 429 g/mol. The standard InChI is InChI=1S/C17H18BrF2N3O3/c1-23-13(24)17(22-15(23)21)11-8-9(18)2-3-12(11)26-16(17)6-4-10(5-7-16)25-14(19)20/h2-3,8,10,14H,4-7H2,1H3,(H2,21,22)/t10-,16+,17?. The van der Waals surface area contributed by atoms with Crippen molar-refractivity contribution in [2.75, 3.05) is 7.05 Å². The number of alkyl halides is 2. The van der Waals surface area contributed by atoms with Crippen molar-refractivity contribution in [3.8, 4) is 5.75 Å². The molecule has 4 rings (SSSR count). The number of nitrogens with zero attached hydrogens (tertiary/aromatic N) is 2. The van der Waals surface area contributed by atoms with Crippen molar-refractivity contribution in [1.82, 2.24) is 4.90 Å². The third kappa shape index (κ3) is 2.29. The Hall–Kier alpha value is -1.74. The van der Waals surface area contributed by atoms with E-state index in [0.29, 0.717) is 37.0 Å². The summed E-state index contributed by atoms with van der Waals surface area (Å²) in [5, 5.41) is 0. The molecular weight excluding hydrogens is 412 g/mol. The van der Waals surface area contributed by atoms with Gasteiger partial charge in [-0.3, -0.25) is 9.69 Å². The van der Waals surface area contributed by atoms with E-state index in [1.54, 1.807) is 13.1 Å². The Kier molecular flexibility index (Phi) is 4.00. The first-order valence-electron chi connectivity index (χ1n) is 8.35. The second-order valence-corrected chi connectivity index (χ2v) is 7.79. The highest BCUT2D eigenvalue weighted by Crippen LogP contribution is 2.58. The molecule has 0 radical (unpaired) electrons. The number of amides is 1. The molecule has 2 spiro atoms. The lowest BCUT2D eigenvalue weighted by atomic mass is 9.68. The van der Waals surface area contributed by atoms with E-state index in [9.17, 15) is 13.6 Å². The Bertz CT molecular complexity index is 795. The minimum absolute atomic E-state index is 0.122. The Morgan fingerprint density at radius 1 is 1.42 bits per heavy atom. The molecule has 26 heavy (non-hydrogen) atoms. The van der Waals surface area contributed by atoms with Gasteiger partial charge in [0.15, 0.2) is 5.96 Å². The zero-order valence-electron chi connectivity index (χ0n) is 14.0. The zero-order chi connectivity index (χ0) is 18.7. The number of rotatable bonds is 2. The predicted octanol–water partition coefficient (Wildman–Crippen LogP) is 2.74. The van der Waals surface area contributed by atoms with Gasteiger partial charge in [0.1, 0.15) is 11.4 Å². The van der Waals surface area contributed by atoms with Crippen molar-refractivity contribution >= 4 is 27.8 Å². The highest BCUT2D eigenvalue weighted by molar-refractivity contribution is 9.10. The first-order chi connectivity index (χ1) is 12.3. The van der Waals surface area contributed by atoms with Crippen LogP contribution in [-0.2, 0) is 15.1 Å². The highest BCUT2D eigenvalue weighted by atomic mass is 79.9. The molecular formula is C17H18BrF2N3O3. The molecule has 0 bridgehead atoms. The van der Waals surface area contributed by atoms with Crippen molar-refractivity contribution in [3.05, 3.63) is 28.2 Å². The number of ether oxygens (including phenoxy) is 2. The second kappa shape index (κ2) is 5.88. The fraction of sp³-hybridized carbons (Fsp3) is 0.529. The fourth-order valence-electron chi connectivity index (χ4n) is 4.32. The second-order valence-electron chi connectivity index (χ2n) is 6.88. The summed E-state index contributed by atoms with van der Waals surface area (Å²) >= 11 is 3.43. The van der Waals surface area contributed by atoms with Crippen LogP contribution in [0.5, 0.6) is 5.75 Å². The van der Waals surface area contributed by atoms with Gasteiger partial charge in [0.05, 0.1) is 6.10 Å². The van der Waals surface area contributed by atoms with Gasteiger partial charge in [-0.25, -0.2) is 4.99 Å². The van der Waals surface area contributed by atoms with E-state index in [2.05, 4.69) is 25.7 Å². The summed E-state index contributed by atoms with van der Waals surface area (Å²) in [6, 6.07) is 5.43. The number of benzene rings is 1. The lowest BCUT2D eigenvalue weighted by Crippen LogP contribution is -2.58. The van der Waals surface area contributed by atoms with Gasteiger partial charge in [-0.1, -0.05) is 15.9 Å². The third-order valence-corrected chi connectivity index (χ3v) is 6.07. The van der Waals surface area contributed by atoms with E-state index in [-0.39, 0.29) is 11.9 Å². The molecule has 1 unspecified atom stereocenters. The largest absolute Gasteiger partial charge is 0.483 e. The molecule has 1 atom stereocenters. The van der Waals surface area contributed by atoms with E-state index < -0.39 is 23.9 Å². The third-order valence-electron chi connectivity index (χ3n) is 5.57. The summed E-state index contributed by atoms with van der Waals surface area (Å²) in [5.74, 6) is 0.429. The number of hydrogen-bond donors (Lipinski definition) is 1. The average molecular weight is 430 g/mol. The number of likely N-dealkylation sites (N-methyl/N-ethyl adjacent to an activating group) is 1. The number of nitrogens with two attached hydrogens (primary N) is 1. The lowest BCUT2D eigenvalue weighted by Gasteiger charge is -2.43. The van der Waals surface area contributed by atoms with Crippen molar-refractivity contribution in [2.24, 2.45) is 10.7 Å². The number of fused-ring (bicyclic) bond motifs is 3. The van der Waals surface area contributed by atoms with Crippen LogP contribution in [0.1, 0.15) is 31.2 Å². The molecule has 0 saturated heterocycles. The lowest BCUT2D eigenvalue weighted by molar-refractivity contribution is -0.182. The van der Waals surface area contributed by atoms with E-state index in [0.717, 1.165) is 4.47 Å². The first-order valence-corrected chi connectivity index (χ1v) is 9.14. The number of halogens is 3. The van der Waals surface area contributed by atoms with E-state index in [1.165, 1.54) is 4.90 Å². The van der Waals surface area contributed by atoms with Crippen molar-refractivity contribution < 1.29 is 23.0 Å². The minimum Gasteiger partial charge on any atom is -0.483 e. The number of carbonyl (C=O) groups excluding carboxylic acids is 1. The molecule has 1 amide bonds. The van der Waals surface area contributed by atoms with Crippen LogP contribution in [0.2, 0.25) is 0 Å². The molecule has 2 aliphatic heterocycles. The van der Waals surface area contributed by atoms with Crippen LogP contribution < -0.4 is 10.5 Å². The van der Waals surface area contributed by atoms with E-state index in [4.69, 9.17) is 10.5 Å². The smallest absolute Gasteiger partial charge is 0.345 e. The van der Waals surface area contributed by atoms with Gasteiger partial charge in [0.2, 0.25) is 5.54 Å². The summed E-state index contributed by atoms with van der Waals surface area (Å²) in [6.45, 7) is -2.81. The zero-order valence-corrected chi connectivity index (χ0v) is 15.6. The van der Waals surface area contributed by atoms with Gasteiger partial charge in [-0.15, -0.1) is 0 Å². The van der Waals surface area contributed by atoms with E-state index in [1.807, 2.05) is 12.1 Å². The Labute approximate surface area is 157 Å². The normalized spacial score (nSPS) is 33.1. The average Bonchev–Trinajstić information content (AvgIpc) is 2.98. The van der Waals surface area contributed by atoms with Crippen LogP contribution in [0.25, 0.3) is 0 Å². The molecule has 2 heterocycles. The molecule has 2 N–H and O–H groups in total. The molecule has 6 nitrogen and oxygen atoms in total. The summed E-state index contributed by atoms with van der Waals surface area (Å²) in [6.07, 6.45) is 0.883. The number of guanidine groups is 1. The predicted molar refractivity (Wildman–Crippen MR) is 92.9 cm³/mol. The van der Waals surface area contributed by atoms with Gasteiger partial charge in [0, 0.05) is 17.1 Å². The van der Waals surface area contributed by atoms with Crippen LogP contribution in [0.15, 0.2) is 27.7 Å². The van der Waals surface area contributed by atoms with Crippen molar-refractivity contribution in [3.63, 3.8) is 0 Å². The number of carbonyl (C=O) groups is 1. The Morgan fingerprint density at radius 2 is 2.12 bits per heavy atom. The maximum Gasteiger partial charge on any atom is 0.345 e. The molecule has 1 aromatic carbocycles.